The molecule has 0 unspecified atom stereocenters. The van der Waals surface area contributed by atoms with Crippen molar-refractivity contribution in [2.75, 3.05) is 13.2 Å². The maximum absolute atomic E-state index is 8.59. The van der Waals surface area contributed by atoms with Crippen molar-refractivity contribution in [3.63, 3.8) is 0 Å². The Morgan fingerprint density at radius 1 is 1.27 bits per heavy atom. The summed E-state index contributed by atoms with van der Waals surface area (Å²) in [6, 6.07) is 0.679. The second kappa shape index (κ2) is 4.73. The normalized spacial score (nSPS) is 32.2. The molecule has 0 heterocycles. The van der Waals surface area contributed by atoms with Gasteiger partial charge in [-0.3, -0.25) is 0 Å². The molecule has 1 aliphatic rings. The second-order valence-corrected chi connectivity index (χ2v) is 3.63. The highest BCUT2D eigenvalue weighted by Crippen LogP contribution is 2.22. The lowest BCUT2D eigenvalue weighted by atomic mass is 9.87. The van der Waals surface area contributed by atoms with Gasteiger partial charge in [-0.25, -0.2) is 0 Å². The molecule has 0 amide bonds. The Bertz CT molecular complexity index is 95.0. The minimum absolute atomic E-state index is 0.270. The van der Waals surface area contributed by atoms with Crippen LogP contribution < -0.4 is 5.32 Å². The minimum atomic E-state index is 0.270. The van der Waals surface area contributed by atoms with E-state index in [1.165, 1.54) is 25.7 Å². The molecule has 1 fully saturated rings. The zero-order chi connectivity index (χ0) is 8.10. The van der Waals surface area contributed by atoms with Crippen LogP contribution in [0.1, 0.15) is 32.6 Å². The van der Waals surface area contributed by atoms with Crippen LogP contribution in [-0.4, -0.2) is 24.3 Å². The monoisotopic (exact) mass is 157 g/mol. The summed E-state index contributed by atoms with van der Waals surface area (Å²) in [5.74, 6) is 0.919. The van der Waals surface area contributed by atoms with Crippen LogP contribution in [0.25, 0.3) is 0 Å². The summed E-state index contributed by atoms with van der Waals surface area (Å²) in [5.41, 5.74) is 0. The highest BCUT2D eigenvalue weighted by Gasteiger charge is 2.16. The van der Waals surface area contributed by atoms with Crippen LogP contribution >= 0.6 is 0 Å². The van der Waals surface area contributed by atoms with Gasteiger partial charge in [0.1, 0.15) is 0 Å². The van der Waals surface area contributed by atoms with Crippen LogP contribution in [0, 0.1) is 5.92 Å². The van der Waals surface area contributed by atoms with Gasteiger partial charge in [-0.05, 0) is 31.6 Å². The first-order chi connectivity index (χ1) is 5.33. The van der Waals surface area contributed by atoms with E-state index < -0.39 is 0 Å². The van der Waals surface area contributed by atoms with Gasteiger partial charge in [-0.2, -0.15) is 0 Å². The predicted octanol–water partition coefficient (Wildman–Crippen LogP) is 1.15. The SMILES string of the molecule is C[C@H]1CC[C@H](NCCO)CC1. The van der Waals surface area contributed by atoms with Gasteiger partial charge < -0.3 is 10.4 Å². The van der Waals surface area contributed by atoms with Gasteiger partial charge in [0.2, 0.25) is 0 Å². The maximum atomic E-state index is 8.59. The van der Waals surface area contributed by atoms with E-state index in [0.717, 1.165) is 12.5 Å². The molecule has 2 N–H and O–H groups in total. The van der Waals surface area contributed by atoms with Gasteiger partial charge >= 0.3 is 0 Å². The number of rotatable bonds is 3. The minimum Gasteiger partial charge on any atom is -0.395 e. The lowest BCUT2D eigenvalue weighted by molar-refractivity contribution is 0.258. The Labute approximate surface area is 69.0 Å². The van der Waals surface area contributed by atoms with Crippen LogP contribution in [0.5, 0.6) is 0 Å². The number of aliphatic hydroxyl groups is 1. The molecular weight excluding hydrogens is 138 g/mol. The van der Waals surface area contributed by atoms with Gasteiger partial charge in [-0.1, -0.05) is 6.92 Å². The molecule has 1 saturated carbocycles. The molecule has 0 aromatic rings. The van der Waals surface area contributed by atoms with Crippen LogP contribution in [0.2, 0.25) is 0 Å². The fourth-order valence-electron chi connectivity index (χ4n) is 1.73. The quantitative estimate of drug-likeness (QED) is 0.644. The van der Waals surface area contributed by atoms with E-state index in [9.17, 15) is 0 Å². The van der Waals surface area contributed by atoms with Crippen molar-refractivity contribution in [2.45, 2.75) is 38.6 Å². The van der Waals surface area contributed by atoms with E-state index in [0.29, 0.717) is 6.04 Å². The van der Waals surface area contributed by atoms with Gasteiger partial charge in [0.05, 0.1) is 6.61 Å². The van der Waals surface area contributed by atoms with Gasteiger partial charge in [0.15, 0.2) is 0 Å². The second-order valence-electron chi connectivity index (χ2n) is 3.63. The van der Waals surface area contributed by atoms with E-state index in [4.69, 9.17) is 5.11 Å². The highest BCUT2D eigenvalue weighted by molar-refractivity contribution is 4.74. The van der Waals surface area contributed by atoms with Gasteiger partial charge in [0.25, 0.3) is 0 Å². The molecule has 0 saturated heterocycles. The summed E-state index contributed by atoms with van der Waals surface area (Å²) in [7, 11) is 0. The van der Waals surface area contributed by atoms with Gasteiger partial charge in [0, 0.05) is 12.6 Å². The molecule has 66 valence electrons. The molecule has 2 nitrogen and oxygen atoms in total. The third kappa shape index (κ3) is 3.21. The lowest BCUT2D eigenvalue weighted by Gasteiger charge is -2.26. The smallest absolute Gasteiger partial charge is 0.0556 e. The first-order valence-electron chi connectivity index (χ1n) is 4.67. The molecule has 0 aromatic heterocycles. The van der Waals surface area contributed by atoms with Crippen molar-refractivity contribution in [1.82, 2.24) is 5.32 Å². The Hall–Kier alpha value is -0.0800. The molecule has 0 bridgehead atoms. The fraction of sp³-hybridized carbons (Fsp3) is 1.00. The Morgan fingerprint density at radius 3 is 2.45 bits per heavy atom. The molecule has 1 rings (SSSR count). The van der Waals surface area contributed by atoms with Crippen molar-refractivity contribution >= 4 is 0 Å². The summed E-state index contributed by atoms with van der Waals surface area (Å²) in [4.78, 5) is 0. The standard InChI is InChI=1S/C9H19NO/c1-8-2-4-9(5-3-8)10-6-7-11/h8-11H,2-7H2,1H3/t8-,9-. The van der Waals surface area contributed by atoms with Crippen LogP contribution in [0.4, 0.5) is 0 Å². The number of nitrogens with one attached hydrogen (secondary N) is 1. The zero-order valence-electron chi connectivity index (χ0n) is 7.34. The Morgan fingerprint density at radius 2 is 1.91 bits per heavy atom. The molecule has 0 aliphatic heterocycles. The average molecular weight is 157 g/mol. The van der Waals surface area contributed by atoms with E-state index in [-0.39, 0.29) is 6.61 Å². The Kier molecular flexibility index (Phi) is 3.87. The van der Waals surface area contributed by atoms with Crippen molar-refractivity contribution in [1.29, 1.82) is 0 Å². The van der Waals surface area contributed by atoms with Crippen LogP contribution in [0.15, 0.2) is 0 Å². The van der Waals surface area contributed by atoms with Crippen molar-refractivity contribution < 1.29 is 5.11 Å². The van der Waals surface area contributed by atoms with Crippen LogP contribution in [-0.2, 0) is 0 Å². The Balaban J connectivity index is 2.07. The van der Waals surface area contributed by atoms with E-state index in [2.05, 4.69) is 12.2 Å². The molecule has 0 atom stereocenters. The molecule has 2 heteroatoms. The van der Waals surface area contributed by atoms with E-state index in [1.807, 2.05) is 0 Å². The molecular formula is C9H19NO. The van der Waals surface area contributed by atoms with E-state index in [1.54, 1.807) is 0 Å². The average Bonchev–Trinajstić information content (AvgIpc) is 2.04. The van der Waals surface area contributed by atoms with Crippen molar-refractivity contribution in [2.24, 2.45) is 5.92 Å². The largest absolute Gasteiger partial charge is 0.395 e. The van der Waals surface area contributed by atoms with Crippen LogP contribution in [0.3, 0.4) is 0 Å². The number of aliphatic hydroxyl groups excluding tert-OH is 1. The maximum Gasteiger partial charge on any atom is 0.0556 e. The number of hydrogen-bond donors (Lipinski definition) is 2. The zero-order valence-corrected chi connectivity index (χ0v) is 7.34. The van der Waals surface area contributed by atoms with E-state index >= 15 is 0 Å². The summed E-state index contributed by atoms with van der Waals surface area (Å²) >= 11 is 0. The topological polar surface area (TPSA) is 32.3 Å². The molecule has 0 radical (unpaired) electrons. The lowest BCUT2D eigenvalue weighted by Crippen LogP contribution is -2.34. The summed E-state index contributed by atoms with van der Waals surface area (Å²) in [6.45, 7) is 3.35. The summed E-state index contributed by atoms with van der Waals surface area (Å²) < 4.78 is 0. The van der Waals surface area contributed by atoms with Crippen molar-refractivity contribution in [3.8, 4) is 0 Å². The summed E-state index contributed by atoms with van der Waals surface area (Å²) in [6.07, 6.45) is 5.29. The highest BCUT2D eigenvalue weighted by atomic mass is 16.3. The fourth-order valence-corrected chi connectivity index (χ4v) is 1.73. The molecule has 11 heavy (non-hydrogen) atoms. The first-order valence-corrected chi connectivity index (χ1v) is 4.67. The molecule has 0 spiro atoms. The summed E-state index contributed by atoms with van der Waals surface area (Å²) in [5, 5.41) is 11.9. The predicted molar refractivity (Wildman–Crippen MR) is 46.5 cm³/mol. The number of hydrogen-bond acceptors (Lipinski definition) is 2. The third-order valence-electron chi connectivity index (χ3n) is 2.56. The molecule has 0 aromatic carbocycles. The van der Waals surface area contributed by atoms with Crippen molar-refractivity contribution in [3.05, 3.63) is 0 Å². The first kappa shape index (κ1) is 9.01. The van der Waals surface area contributed by atoms with Gasteiger partial charge in [-0.15, -0.1) is 0 Å². The third-order valence-corrected chi connectivity index (χ3v) is 2.56. The molecule has 1 aliphatic carbocycles.